The lowest BCUT2D eigenvalue weighted by molar-refractivity contribution is -0.129. The Labute approximate surface area is 145 Å². The maximum atomic E-state index is 12.4. The van der Waals surface area contributed by atoms with Gasteiger partial charge in [0.05, 0.1) is 5.69 Å². The molecule has 0 saturated heterocycles. The summed E-state index contributed by atoms with van der Waals surface area (Å²) in [7, 11) is 0. The number of amides is 3. The number of nitrogens with zero attached hydrogens (tertiary/aromatic N) is 1. The zero-order valence-corrected chi connectivity index (χ0v) is 14.4. The highest BCUT2D eigenvalue weighted by atomic mass is 16.5. The molecule has 0 bridgehead atoms. The van der Waals surface area contributed by atoms with E-state index in [1.54, 1.807) is 25.1 Å². The Morgan fingerprint density at radius 3 is 2.60 bits per heavy atom. The molecule has 1 aliphatic rings. The minimum atomic E-state index is -0.752. The van der Waals surface area contributed by atoms with Crippen LogP contribution >= 0.6 is 0 Å². The lowest BCUT2D eigenvalue weighted by Crippen LogP contribution is -2.51. The highest BCUT2D eigenvalue weighted by molar-refractivity contribution is 6.05. The van der Waals surface area contributed by atoms with Crippen molar-refractivity contribution in [2.75, 3.05) is 11.4 Å². The van der Waals surface area contributed by atoms with E-state index in [-0.39, 0.29) is 12.3 Å². The number of carbonyl (C=O) groups excluding carboxylic acids is 4. The predicted octanol–water partition coefficient (Wildman–Crippen LogP) is 0.951. The summed E-state index contributed by atoms with van der Waals surface area (Å²) in [5, 5.41) is 0. The summed E-state index contributed by atoms with van der Waals surface area (Å²) >= 11 is 0. The number of nitrogens with one attached hydrogen (secondary N) is 2. The van der Waals surface area contributed by atoms with Crippen LogP contribution in [0.15, 0.2) is 18.2 Å². The van der Waals surface area contributed by atoms with Crippen LogP contribution in [-0.2, 0) is 14.4 Å². The number of hydrogen-bond acceptors (Lipinski definition) is 5. The second-order valence-corrected chi connectivity index (χ2v) is 5.77. The first kappa shape index (κ1) is 18.4. The maximum absolute atomic E-state index is 12.4. The third-order valence-corrected chi connectivity index (χ3v) is 3.65. The van der Waals surface area contributed by atoms with Gasteiger partial charge in [-0.1, -0.05) is 6.92 Å². The SMILES string of the molecule is CCCC(=O)c1ccc2c(c1)N(CC(=O)NNC(C)=O)C(=O)C(C)O2. The van der Waals surface area contributed by atoms with Gasteiger partial charge in [0.25, 0.3) is 11.8 Å². The Kier molecular flexibility index (Phi) is 5.74. The van der Waals surface area contributed by atoms with Crippen molar-refractivity contribution < 1.29 is 23.9 Å². The van der Waals surface area contributed by atoms with Crippen molar-refractivity contribution in [1.29, 1.82) is 0 Å². The summed E-state index contributed by atoms with van der Waals surface area (Å²) in [6.45, 7) is 4.44. The van der Waals surface area contributed by atoms with Gasteiger partial charge in [-0.2, -0.15) is 0 Å². The van der Waals surface area contributed by atoms with E-state index in [0.717, 1.165) is 0 Å². The first-order valence-corrected chi connectivity index (χ1v) is 8.04. The molecule has 134 valence electrons. The Bertz CT molecular complexity index is 716. The van der Waals surface area contributed by atoms with Gasteiger partial charge in [-0.15, -0.1) is 0 Å². The summed E-state index contributed by atoms with van der Waals surface area (Å²) in [5.41, 5.74) is 5.20. The van der Waals surface area contributed by atoms with E-state index < -0.39 is 23.8 Å². The van der Waals surface area contributed by atoms with E-state index in [1.165, 1.54) is 11.8 Å². The van der Waals surface area contributed by atoms with Crippen LogP contribution in [0.1, 0.15) is 44.0 Å². The lowest BCUT2D eigenvalue weighted by Gasteiger charge is -2.32. The van der Waals surface area contributed by atoms with Gasteiger partial charge in [0.15, 0.2) is 11.9 Å². The minimum absolute atomic E-state index is 0.0426. The highest BCUT2D eigenvalue weighted by Gasteiger charge is 2.33. The van der Waals surface area contributed by atoms with Gasteiger partial charge in [0.1, 0.15) is 12.3 Å². The van der Waals surface area contributed by atoms with Gasteiger partial charge >= 0.3 is 0 Å². The number of ketones is 1. The molecule has 1 aromatic rings. The normalized spacial score (nSPS) is 15.9. The molecule has 2 N–H and O–H groups in total. The maximum Gasteiger partial charge on any atom is 0.268 e. The number of carbonyl (C=O) groups is 4. The summed E-state index contributed by atoms with van der Waals surface area (Å²) < 4.78 is 5.54. The fraction of sp³-hybridized carbons (Fsp3) is 0.412. The predicted molar refractivity (Wildman–Crippen MR) is 90.1 cm³/mol. The number of rotatable bonds is 5. The summed E-state index contributed by atoms with van der Waals surface area (Å²) in [6, 6.07) is 4.83. The zero-order valence-electron chi connectivity index (χ0n) is 14.4. The Balaban J connectivity index is 2.28. The van der Waals surface area contributed by atoms with Gasteiger partial charge in [-0.3, -0.25) is 34.9 Å². The summed E-state index contributed by atoms with van der Waals surface area (Å²) in [6.07, 6.45) is 0.358. The molecule has 0 radical (unpaired) electrons. The van der Waals surface area contributed by atoms with Crippen LogP contribution in [0.5, 0.6) is 5.75 Å². The Morgan fingerprint density at radius 1 is 1.24 bits per heavy atom. The molecule has 1 heterocycles. The van der Waals surface area contributed by atoms with Crippen molar-refractivity contribution in [2.45, 2.75) is 39.7 Å². The average Bonchev–Trinajstić information content (AvgIpc) is 2.57. The minimum Gasteiger partial charge on any atom is -0.479 e. The monoisotopic (exact) mass is 347 g/mol. The van der Waals surface area contributed by atoms with Gasteiger partial charge in [-0.25, -0.2) is 0 Å². The number of fused-ring (bicyclic) bond motifs is 1. The number of anilines is 1. The number of hydrazine groups is 1. The molecule has 0 aliphatic carbocycles. The van der Waals surface area contributed by atoms with E-state index in [2.05, 4.69) is 10.9 Å². The lowest BCUT2D eigenvalue weighted by atomic mass is 10.0. The van der Waals surface area contributed by atoms with Gasteiger partial charge in [-0.05, 0) is 31.5 Å². The number of Topliss-reactive ketones (excluding diaryl/α,β-unsaturated/α-hetero) is 1. The van der Waals surface area contributed by atoms with Crippen LogP contribution in [-0.4, -0.2) is 36.2 Å². The molecular formula is C17H21N3O5. The number of benzene rings is 1. The van der Waals surface area contributed by atoms with Crippen LogP contribution in [0.25, 0.3) is 0 Å². The summed E-state index contributed by atoms with van der Waals surface area (Å²) in [4.78, 5) is 48.6. The molecule has 1 unspecified atom stereocenters. The fourth-order valence-corrected chi connectivity index (χ4v) is 2.46. The molecule has 0 fully saturated rings. The van der Waals surface area contributed by atoms with Crippen LogP contribution in [0, 0.1) is 0 Å². The molecule has 1 aliphatic heterocycles. The second-order valence-electron chi connectivity index (χ2n) is 5.77. The third kappa shape index (κ3) is 4.34. The first-order valence-electron chi connectivity index (χ1n) is 8.04. The summed E-state index contributed by atoms with van der Waals surface area (Å²) in [5.74, 6) is -1.01. The molecule has 1 aromatic carbocycles. The molecule has 8 heteroatoms. The van der Waals surface area contributed by atoms with Crippen molar-refractivity contribution >= 4 is 29.2 Å². The average molecular weight is 347 g/mol. The van der Waals surface area contributed by atoms with Gasteiger partial charge in [0.2, 0.25) is 5.91 Å². The van der Waals surface area contributed by atoms with Crippen molar-refractivity contribution in [1.82, 2.24) is 10.9 Å². The van der Waals surface area contributed by atoms with Crippen LogP contribution in [0.3, 0.4) is 0 Å². The smallest absolute Gasteiger partial charge is 0.268 e. The standard InChI is InChI=1S/C17H21N3O5/c1-4-5-14(22)12-6-7-15-13(8-12)20(17(24)10(2)25-15)9-16(23)19-18-11(3)21/h6-8,10H,4-5,9H2,1-3H3,(H,18,21)(H,19,23). The Hall–Kier alpha value is -2.90. The van der Waals surface area contributed by atoms with Crippen LogP contribution in [0.2, 0.25) is 0 Å². The van der Waals surface area contributed by atoms with Crippen molar-refractivity contribution in [3.63, 3.8) is 0 Å². The zero-order chi connectivity index (χ0) is 18.6. The molecule has 2 rings (SSSR count). The van der Waals surface area contributed by atoms with E-state index in [1.807, 2.05) is 6.92 Å². The third-order valence-electron chi connectivity index (χ3n) is 3.65. The quantitative estimate of drug-likeness (QED) is 0.609. The first-order chi connectivity index (χ1) is 11.8. The number of ether oxygens (including phenoxy) is 1. The molecular weight excluding hydrogens is 326 g/mol. The molecule has 25 heavy (non-hydrogen) atoms. The van der Waals surface area contributed by atoms with Crippen LogP contribution in [0.4, 0.5) is 5.69 Å². The van der Waals surface area contributed by atoms with Crippen molar-refractivity contribution in [2.24, 2.45) is 0 Å². The van der Waals surface area contributed by atoms with Gasteiger partial charge < -0.3 is 4.74 Å². The van der Waals surface area contributed by atoms with Crippen molar-refractivity contribution in [3.05, 3.63) is 23.8 Å². The van der Waals surface area contributed by atoms with E-state index in [9.17, 15) is 19.2 Å². The second kappa shape index (κ2) is 7.78. The molecule has 1 atom stereocenters. The van der Waals surface area contributed by atoms with Gasteiger partial charge in [0, 0.05) is 18.9 Å². The largest absolute Gasteiger partial charge is 0.479 e. The van der Waals surface area contributed by atoms with Crippen LogP contribution < -0.4 is 20.5 Å². The molecule has 0 spiro atoms. The fourth-order valence-electron chi connectivity index (χ4n) is 2.46. The van der Waals surface area contributed by atoms with E-state index in [4.69, 9.17) is 4.74 Å². The molecule has 0 aromatic heterocycles. The molecule has 8 nitrogen and oxygen atoms in total. The van der Waals surface area contributed by atoms with E-state index >= 15 is 0 Å². The van der Waals surface area contributed by atoms with Crippen molar-refractivity contribution in [3.8, 4) is 5.75 Å². The molecule has 3 amide bonds. The number of hydrogen-bond donors (Lipinski definition) is 2. The van der Waals surface area contributed by atoms with E-state index in [0.29, 0.717) is 29.8 Å². The highest BCUT2D eigenvalue weighted by Crippen LogP contribution is 2.35. The topological polar surface area (TPSA) is 105 Å². The molecule has 0 saturated carbocycles. The Morgan fingerprint density at radius 2 is 1.96 bits per heavy atom.